The molecule has 3 aromatic carbocycles. The summed E-state index contributed by atoms with van der Waals surface area (Å²) in [7, 11) is 0. The lowest BCUT2D eigenvalue weighted by Crippen LogP contribution is -2.63. The number of aliphatic hydroxyl groups is 5. The predicted octanol–water partition coefficient (Wildman–Crippen LogP) is 0.716. The normalized spacial score (nSPS) is 32.6. The van der Waals surface area contributed by atoms with Crippen LogP contribution in [0.4, 0.5) is 0 Å². The van der Waals surface area contributed by atoms with E-state index >= 15 is 0 Å². The summed E-state index contributed by atoms with van der Waals surface area (Å²) in [5, 5.41) is 64.5. The van der Waals surface area contributed by atoms with Gasteiger partial charge in [-0.3, -0.25) is 0 Å². The fourth-order valence-corrected chi connectivity index (χ4v) is 6.32. The number of fused-ring (bicyclic) bond motifs is 2. The van der Waals surface area contributed by atoms with E-state index in [0.29, 0.717) is 5.56 Å². The molecule has 238 valence electrons. The van der Waals surface area contributed by atoms with Crippen LogP contribution in [-0.2, 0) is 14.2 Å². The van der Waals surface area contributed by atoms with Crippen LogP contribution in [0.3, 0.4) is 0 Å². The summed E-state index contributed by atoms with van der Waals surface area (Å²) < 4.78 is 34.7. The van der Waals surface area contributed by atoms with Crippen molar-refractivity contribution in [2.24, 2.45) is 0 Å². The third-order valence-electron chi connectivity index (χ3n) is 8.78. The van der Waals surface area contributed by atoms with Crippen molar-refractivity contribution < 1.29 is 58.4 Å². The molecule has 5 aromatic rings. The minimum atomic E-state index is -1.73. The summed E-state index contributed by atoms with van der Waals surface area (Å²) in [5.41, 5.74) is -0.962. The van der Waals surface area contributed by atoms with Crippen LogP contribution in [0.25, 0.3) is 43.5 Å². The Kier molecular flexibility index (Phi) is 7.03. The van der Waals surface area contributed by atoms with Gasteiger partial charge in [-0.05, 0) is 38.5 Å². The topological polar surface area (TPSA) is 219 Å². The van der Waals surface area contributed by atoms with Crippen LogP contribution in [0.5, 0.6) is 11.5 Å². The van der Waals surface area contributed by atoms with Crippen molar-refractivity contribution in [3.05, 3.63) is 56.7 Å². The van der Waals surface area contributed by atoms with Gasteiger partial charge in [0, 0.05) is 16.2 Å². The van der Waals surface area contributed by atoms with E-state index in [4.69, 9.17) is 27.8 Å². The number of aliphatic hydroxyl groups excluding tert-OH is 5. The average molecular weight is 627 g/mol. The highest BCUT2D eigenvalue weighted by molar-refractivity contribution is 6.28. The van der Waals surface area contributed by atoms with Crippen molar-refractivity contribution in [1.82, 2.24) is 0 Å². The smallest absolute Gasteiger partial charge is 0.348 e. The van der Waals surface area contributed by atoms with Crippen molar-refractivity contribution in [3.63, 3.8) is 0 Å². The number of aryl methyl sites for hydroxylation is 1. The standard InChI is InChI=1S/C31H30O14/c1-9-7-8-14-17-15(9)28(38)44-26-16-12(22(34)19(18(17)26)29(39)42-14)5-4-6-13(16)43-31-27(24(36)21(33)11(3)41-31)45-30-25(37)23(35)20(32)10(2)40-30/h4-8,10-11,20-21,23-25,27,30-37H,1-3H3/t10-,11+,20+,21+,23+,24-,25-,27+,30-,31-/m0/s1. The van der Waals surface area contributed by atoms with Crippen LogP contribution in [0.2, 0.25) is 0 Å². The first kappa shape index (κ1) is 29.8. The van der Waals surface area contributed by atoms with Crippen LogP contribution in [0.15, 0.2) is 48.8 Å². The van der Waals surface area contributed by atoms with Gasteiger partial charge in [0.2, 0.25) is 6.29 Å². The summed E-state index contributed by atoms with van der Waals surface area (Å²) in [6.45, 7) is 4.63. The largest absolute Gasteiger partial charge is 0.506 e. The summed E-state index contributed by atoms with van der Waals surface area (Å²) in [4.78, 5) is 26.4. The van der Waals surface area contributed by atoms with Crippen molar-refractivity contribution in [2.45, 2.75) is 82.2 Å². The summed E-state index contributed by atoms with van der Waals surface area (Å²) in [6, 6.07) is 7.62. The molecule has 14 heteroatoms. The third kappa shape index (κ3) is 4.40. The van der Waals surface area contributed by atoms with Gasteiger partial charge in [-0.25, -0.2) is 9.59 Å². The van der Waals surface area contributed by atoms with E-state index in [9.17, 15) is 40.2 Å². The third-order valence-corrected chi connectivity index (χ3v) is 8.78. The first-order valence-corrected chi connectivity index (χ1v) is 14.3. The number of ether oxygens (including phenoxy) is 4. The van der Waals surface area contributed by atoms with Crippen LogP contribution in [0, 0.1) is 6.92 Å². The number of aromatic hydroxyl groups is 1. The fourth-order valence-electron chi connectivity index (χ4n) is 6.32. The molecule has 7 rings (SSSR count). The Morgan fingerprint density at radius 3 is 2.09 bits per heavy atom. The number of hydrogen-bond donors (Lipinski definition) is 6. The maximum atomic E-state index is 13.3. The molecular weight excluding hydrogens is 596 g/mol. The SMILES string of the molecule is Cc1ccc2oc(=O)c3c(O)c4cccc(O[C@@H]5O[C@H](C)[C@@H](O)[C@H](O)[C@H]5O[C@@H]5O[C@@H](C)[C@@H](O)[C@@H](O)[C@@H]5O)c4c4oc(=O)c1c2c34. The van der Waals surface area contributed by atoms with Crippen LogP contribution >= 0.6 is 0 Å². The Hall–Kier alpha value is -3.86. The quantitative estimate of drug-likeness (QED) is 0.0920. The average Bonchev–Trinajstić information content (AvgIpc) is 3.01. The Morgan fingerprint density at radius 2 is 1.36 bits per heavy atom. The fraction of sp³-hybridized carbons (Fsp3) is 0.419. The Bertz CT molecular complexity index is 2050. The van der Waals surface area contributed by atoms with Crippen LogP contribution in [-0.4, -0.2) is 92.1 Å². The van der Waals surface area contributed by atoms with Crippen molar-refractivity contribution in [2.75, 3.05) is 0 Å². The van der Waals surface area contributed by atoms with Crippen molar-refractivity contribution in [1.29, 1.82) is 0 Å². The zero-order chi connectivity index (χ0) is 32.1. The zero-order valence-electron chi connectivity index (χ0n) is 24.1. The first-order chi connectivity index (χ1) is 21.4. The van der Waals surface area contributed by atoms with Gasteiger partial charge in [0.05, 0.1) is 23.0 Å². The van der Waals surface area contributed by atoms with E-state index in [-0.39, 0.29) is 49.2 Å². The van der Waals surface area contributed by atoms with E-state index in [2.05, 4.69) is 0 Å². The van der Waals surface area contributed by atoms with Gasteiger partial charge in [-0.15, -0.1) is 0 Å². The molecule has 0 radical (unpaired) electrons. The first-order valence-electron chi connectivity index (χ1n) is 14.3. The molecule has 14 nitrogen and oxygen atoms in total. The number of benzene rings is 3. The molecule has 0 spiro atoms. The van der Waals surface area contributed by atoms with E-state index in [1.54, 1.807) is 19.1 Å². The number of phenols is 1. The maximum Gasteiger partial charge on any atom is 0.348 e. The highest BCUT2D eigenvalue weighted by atomic mass is 16.8. The Labute approximate surface area is 252 Å². The van der Waals surface area contributed by atoms with Gasteiger partial charge in [0.15, 0.2) is 18.0 Å². The highest BCUT2D eigenvalue weighted by Gasteiger charge is 2.50. The van der Waals surface area contributed by atoms with Gasteiger partial charge >= 0.3 is 11.3 Å². The van der Waals surface area contributed by atoms with E-state index in [1.807, 2.05) is 0 Å². The van der Waals surface area contributed by atoms with Gasteiger partial charge < -0.3 is 58.4 Å². The van der Waals surface area contributed by atoms with Gasteiger partial charge in [-0.1, -0.05) is 18.2 Å². The second-order valence-corrected chi connectivity index (χ2v) is 11.6. The van der Waals surface area contributed by atoms with Crippen LogP contribution < -0.4 is 16.0 Å². The number of phenolic OH excluding ortho intramolecular Hbond substituents is 1. The van der Waals surface area contributed by atoms with E-state index in [1.165, 1.54) is 32.0 Å². The number of rotatable bonds is 4. The predicted molar refractivity (Wildman–Crippen MR) is 155 cm³/mol. The van der Waals surface area contributed by atoms with Crippen molar-refractivity contribution >= 4 is 43.5 Å². The summed E-state index contributed by atoms with van der Waals surface area (Å²) in [5.74, 6) is -0.468. The van der Waals surface area contributed by atoms with Gasteiger partial charge in [0.25, 0.3) is 0 Å². The minimum Gasteiger partial charge on any atom is -0.506 e. The molecule has 10 atom stereocenters. The molecule has 4 heterocycles. The molecule has 2 aliphatic heterocycles. The number of hydrogen-bond acceptors (Lipinski definition) is 14. The lowest BCUT2D eigenvalue weighted by molar-refractivity contribution is -0.352. The molecule has 2 saturated heterocycles. The molecule has 2 aliphatic rings. The minimum absolute atomic E-state index is 0.0201. The molecule has 2 aromatic heterocycles. The molecule has 0 aliphatic carbocycles. The van der Waals surface area contributed by atoms with Gasteiger partial charge in [-0.2, -0.15) is 0 Å². The zero-order valence-corrected chi connectivity index (χ0v) is 24.1. The molecule has 6 N–H and O–H groups in total. The molecule has 0 bridgehead atoms. The molecule has 2 fully saturated rings. The van der Waals surface area contributed by atoms with E-state index < -0.39 is 78.4 Å². The maximum absolute atomic E-state index is 13.3. The lowest BCUT2D eigenvalue weighted by atomic mass is 9.95. The summed E-state index contributed by atoms with van der Waals surface area (Å²) >= 11 is 0. The second kappa shape index (κ2) is 10.6. The monoisotopic (exact) mass is 626 g/mol. The highest BCUT2D eigenvalue weighted by Crippen LogP contribution is 2.45. The molecule has 0 unspecified atom stereocenters. The molecule has 45 heavy (non-hydrogen) atoms. The van der Waals surface area contributed by atoms with Gasteiger partial charge in [0.1, 0.15) is 53.0 Å². The van der Waals surface area contributed by atoms with Crippen LogP contribution in [0.1, 0.15) is 19.4 Å². The molecular formula is C31H30O14. The Morgan fingerprint density at radius 1 is 0.689 bits per heavy atom. The Balaban J connectivity index is 1.39. The molecule has 0 saturated carbocycles. The van der Waals surface area contributed by atoms with E-state index in [0.717, 1.165) is 0 Å². The molecule has 0 amide bonds. The van der Waals surface area contributed by atoms with Crippen molar-refractivity contribution in [3.8, 4) is 11.5 Å². The second-order valence-electron chi connectivity index (χ2n) is 11.6. The lowest BCUT2D eigenvalue weighted by Gasteiger charge is -2.45. The summed E-state index contributed by atoms with van der Waals surface area (Å²) in [6.07, 6.45) is -14.4.